The molecule has 1 fully saturated rings. The standard InChI is InChI=1S/C17H25N3/c1-3-4-10-20(13-16-6-5-9-19-16)17-11-14(2)7-8-15(17)12-18/h7-8,11,16,19H,3-6,9-10,13H2,1-2H3. The van der Waals surface area contributed by atoms with E-state index in [-0.39, 0.29) is 0 Å². The summed E-state index contributed by atoms with van der Waals surface area (Å²) < 4.78 is 0. The monoisotopic (exact) mass is 271 g/mol. The summed E-state index contributed by atoms with van der Waals surface area (Å²) in [4.78, 5) is 2.40. The van der Waals surface area contributed by atoms with Crippen LogP contribution in [0.5, 0.6) is 0 Å². The molecule has 108 valence electrons. The number of nitrogens with zero attached hydrogens (tertiary/aromatic N) is 2. The summed E-state index contributed by atoms with van der Waals surface area (Å²) in [6.45, 7) is 7.49. The maximum absolute atomic E-state index is 9.35. The first kappa shape index (κ1) is 14.9. The van der Waals surface area contributed by atoms with Crippen molar-refractivity contribution in [2.45, 2.75) is 45.6 Å². The van der Waals surface area contributed by atoms with Crippen molar-refractivity contribution in [2.75, 3.05) is 24.5 Å². The van der Waals surface area contributed by atoms with Gasteiger partial charge in [0.15, 0.2) is 0 Å². The summed E-state index contributed by atoms with van der Waals surface area (Å²) in [5, 5.41) is 12.9. The number of unbranched alkanes of at least 4 members (excludes halogenated alkanes) is 1. The largest absolute Gasteiger partial charge is 0.369 e. The Hall–Kier alpha value is -1.53. The molecule has 3 nitrogen and oxygen atoms in total. The van der Waals surface area contributed by atoms with Gasteiger partial charge >= 0.3 is 0 Å². The molecule has 3 heteroatoms. The molecule has 0 saturated carbocycles. The quantitative estimate of drug-likeness (QED) is 0.863. The van der Waals surface area contributed by atoms with Crippen LogP contribution in [0.3, 0.4) is 0 Å². The van der Waals surface area contributed by atoms with E-state index in [1.807, 2.05) is 12.1 Å². The van der Waals surface area contributed by atoms with E-state index in [1.54, 1.807) is 0 Å². The Balaban J connectivity index is 2.20. The number of hydrogen-bond donors (Lipinski definition) is 1. The predicted octanol–water partition coefficient (Wildman–Crippen LogP) is 3.23. The highest BCUT2D eigenvalue weighted by molar-refractivity contribution is 5.60. The van der Waals surface area contributed by atoms with E-state index in [4.69, 9.17) is 0 Å². The van der Waals surface area contributed by atoms with Crippen LogP contribution in [0.15, 0.2) is 18.2 Å². The van der Waals surface area contributed by atoms with Crippen molar-refractivity contribution in [1.82, 2.24) is 5.32 Å². The minimum absolute atomic E-state index is 0.568. The molecule has 1 aromatic rings. The van der Waals surface area contributed by atoms with Gasteiger partial charge in [-0.25, -0.2) is 0 Å². The number of benzene rings is 1. The van der Waals surface area contributed by atoms with Crippen LogP contribution in [0.1, 0.15) is 43.7 Å². The van der Waals surface area contributed by atoms with Gasteiger partial charge in [-0.2, -0.15) is 5.26 Å². The normalized spacial score (nSPS) is 17.9. The number of nitrogens with one attached hydrogen (secondary N) is 1. The summed E-state index contributed by atoms with van der Waals surface area (Å²) in [6, 6.07) is 9.04. The predicted molar refractivity (Wildman–Crippen MR) is 84.0 cm³/mol. The Morgan fingerprint density at radius 3 is 2.95 bits per heavy atom. The molecule has 0 spiro atoms. The first-order valence-corrected chi connectivity index (χ1v) is 7.73. The maximum atomic E-state index is 9.35. The first-order valence-electron chi connectivity index (χ1n) is 7.73. The van der Waals surface area contributed by atoms with E-state index in [1.165, 1.54) is 31.2 Å². The average molecular weight is 271 g/mol. The van der Waals surface area contributed by atoms with Crippen LogP contribution in [0.4, 0.5) is 5.69 Å². The molecule has 0 bridgehead atoms. The maximum Gasteiger partial charge on any atom is 0.101 e. The van der Waals surface area contributed by atoms with E-state index in [0.29, 0.717) is 6.04 Å². The van der Waals surface area contributed by atoms with Crippen molar-refractivity contribution in [3.63, 3.8) is 0 Å². The van der Waals surface area contributed by atoms with Gasteiger partial charge in [0, 0.05) is 19.1 Å². The summed E-state index contributed by atoms with van der Waals surface area (Å²) in [6.07, 6.45) is 4.87. The zero-order valence-corrected chi connectivity index (χ0v) is 12.7. The van der Waals surface area contributed by atoms with Gasteiger partial charge in [-0.1, -0.05) is 19.4 Å². The molecule has 1 aliphatic heterocycles. The summed E-state index contributed by atoms with van der Waals surface area (Å²) in [5.41, 5.74) is 3.12. The summed E-state index contributed by atoms with van der Waals surface area (Å²) >= 11 is 0. The lowest BCUT2D eigenvalue weighted by molar-refractivity contribution is 0.572. The molecule has 1 atom stereocenters. The highest BCUT2D eigenvalue weighted by atomic mass is 15.2. The van der Waals surface area contributed by atoms with Gasteiger partial charge < -0.3 is 10.2 Å². The number of hydrogen-bond acceptors (Lipinski definition) is 3. The van der Waals surface area contributed by atoms with Gasteiger partial charge in [-0.3, -0.25) is 0 Å². The molecule has 1 aliphatic rings. The summed E-state index contributed by atoms with van der Waals surface area (Å²) in [5.74, 6) is 0. The molecular formula is C17H25N3. The average Bonchev–Trinajstić information content (AvgIpc) is 2.96. The molecule has 1 saturated heterocycles. The molecule has 0 amide bonds. The van der Waals surface area contributed by atoms with Crippen LogP contribution in [0.2, 0.25) is 0 Å². The summed E-state index contributed by atoms with van der Waals surface area (Å²) in [7, 11) is 0. The highest BCUT2D eigenvalue weighted by Gasteiger charge is 2.19. The van der Waals surface area contributed by atoms with Crippen molar-refractivity contribution in [3.05, 3.63) is 29.3 Å². The van der Waals surface area contributed by atoms with E-state index >= 15 is 0 Å². The number of aryl methyl sites for hydroxylation is 1. The highest BCUT2D eigenvalue weighted by Crippen LogP contribution is 2.23. The zero-order valence-electron chi connectivity index (χ0n) is 12.7. The number of nitriles is 1. The lowest BCUT2D eigenvalue weighted by Gasteiger charge is -2.29. The van der Waals surface area contributed by atoms with Crippen molar-refractivity contribution >= 4 is 5.69 Å². The number of rotatable bonds is 6. The Bertz CT molecular complexity index is 470. The lowest BCUT2D eigenvalue weighted by Crippen LogP contribution is -2.38. The minimum Gasteiger partial charge on any atom is -0.369 e. The Labute approximate surface area is 122 Å². The van der Waals surface area contributed by atoms with Crippen molar-refractivity contribution in [3.8, 4) is 6.07 Å². The second-order valence-electron chi connectivity index (χ2n) is 5.73. The van der Waals surface area contributed by atoms with Crippen LogP contribution >= 0.6 is 0 Å². The first-order chi connectivity index (χ1) is 9.74. The lowest BCUT2D eigenvalue weighted by atomic mass is 10.1. The molecule has 0 aromatic heterocycles. The SMILES string of the molecule is CCCCN(CC1CCCN1)c1cc(C)ccc1C#N. The number of anilines is 1. The van der Waals surface area contributed by atoms with Gasteiger partial charge in [0.25, 0.3) is 0 Å². The van der Waals surface area contributed by atoms with Gasteiger partial charge in [-0.05, 0) is 50.4 Å². The molecule has 1 heterocycles. The third-order valence-corrected chi connectivity index (χ3v) is 4.00. The van der Waals surface area contributed by atoms with Gasteiger partial charge in [-0.15, -0.1) is 0 Å². The second kappa shape index (κ2) is 7.31. The minimum atomic E-state index is 0.568. The van der Waals surface area contributed by atoms with E-state index in [9.17, 15) is 5.26 Å². The van der Waals surface area contributed by atoms with Crippen molar-refractivity contribution < 1.29 is 0 Å². The van der Waals surface area contributed by atoms with Gasteiger partial charge in [0.05, 0.1) is 11.3 Å². The molecule has 1 unspecified atom stereocenters. The van der Waals surface area contributed by atoms with Gasteiger partial charge in [0.2, 0.25) is 0 Å². The van der Waals surface area contributed by atoms with E-state index in [0.717, 1.165) is 30.9 Å². The van der Waals surface area contributed by atoms with Crippen molar-refractivity contribution in [1.29, 1.82) is 5.26 Å². The fourth-order valence-electron chi connectivity index (χ4n) is 2.84. The Morgan fingerprint density at radius 2 is 2.30 bits per heavy atom. The fourth-order valence-corrected chi connectivity index (χ4v) is 2.84. The van der Waals surface area contributed by atoms with E-state index in [2.05, 4.69) is 36.2 Å². The van der Waals surface area contributed by atoms with Crippen molar-refractivity contribution in [2.24, 2.45) is 0 Å². The smallest absolute Gasteiger partial charge is 0.101 e. The molecule has 2 rings (SSSR count). The van der Waals surface area contributed by atoms with Gasteiger partial charge in [0.1, 0.15) is 6.07 Å². The van der Waals surface area contributed by atoms with Crippen LogP contribution in [0.25, 0.3) is 0 Å². The van der Waals surface area contributed by atoms with Crippen LogP contribution in [0, 0.1) is 18.3 Å². The van der Waals surface area contributed by atoms with Crippen LogP contribution in [-0.2, 0) is 0 Å². The van der Waals surface area contributed by atoms with Crippen LogP contribution in [-0.4, -0.2) is 25.7 Å². The molecule has 20 heavy (non-hydrogen) atoms. The fraction of sp³-hybridized carbons (Fsp3) is 0.588. The molecule has 1 aromatic carbocycles. The van der Waals surface area contributed by atoms with E-state index < -0.39 is 0 Å². The molecule has 0 radical (unpaired) electrons. The molecule has 0 aliphatic carbocycles. The zero-order chi connectivity index (χ0) is 14.4. The third kappa shape index (κ3) is 3.74. The Morgan fingerprint density at radius 1 is 1.45 bits per heavy atom. The second-order valence-corrected chi connectivity index (χ2v) is 5.73. The topological polar surface area (TPSA) is 39.1 Å². The third-order valence-electron chi connectivity index (χ3n) is 4.00. The Kier molecular flexibility index (Phi) is 5.43. The molecular weight excluding hydrogens is 246 g/mol. The molecule has 1 N–H and O–H groups in total. The van der Waals surface area contributed by atoms with Crippen LogP contribution < -0.4 is 10.2 Å².